The van der Waals surface area contributed by atoms with E-state index in [9.17, 15) is 9.59 Å². The highest BCUT2D eigenvalue weighted by Crippen LogP contribution is 2.22. The number of nitrogens with one attached hydrogen (secondary N) is 1. The van der Waals surface area contributed by atoms with Crippen molar-refractivity contribution >= 4 is 45.3 Å². The van der Waals surface area contributed by atoms with E-state index in [1.54, 1.807) is 0 Å². The van der Waals surface area contributed by atoms with Crippen LogP contribution in [-0.4, -0.2) is 45.7 Å². The molecule has 0 amide bonds. The summed E-state index contributed by atoms with van der Waals surface area (Å²) in [7, 11) is 2.41. The molecule has 88 valence electrons. The highest BCUT2D eigenvalue weighted by atomic mass is 35.5. The summed E-state index contributed by atoms with van der Waals surface area (Å²) in [6, 6.07) is -1.79. The lowest BCUT2D eigenvalue weighted by Gasteiger charge is -2.09. The summed E-state index contributed by atoms with van der Waals surface area (Å²) in [6.07, 6.45) is 0. The van der Waals surface area contributed by atoms with Gasteiger partial charge in [-0.15, -0.1) is 0 Å². The van der Waals surface area contributed by atoms with E-state index in [1.165, 1.54) is 21.6 Å². The first-order valence-corrected chi connectivity index (χ1v) is 6.67. The fourth-order valence-electron chi connectivity index (χ4n) is 0.458. The van der Waals surface area contributed by atoms with E-state index in [0.29, 0.717) is 0 Å². The van der Waals surface area contributed by atoms with Gasteiger partial charge in [-0.3, -0.25) is 9.59 Å². The first-order valence-electron chi connectivity index (χ1n) is 3.80. The van der Waals surface area contributed by atoms with Crippen LogP contribution < -0.4 is 10.6 Å². The second kappa shape index (κ2) is 8.05. The molecule has 0 spiro atoms. The fraction of sp³-hybridized carbons (Fsp3) is 0.667. The highest BCUT2D eigenvalue weighted by Gasteiger charge is 2.17. The number of hydrogen-bond acceptors (Lipinski definition) is 6. The van der Waals surface area contributed by atoms with Crippen LogP contribution in [0.3, 0.4) is 0 Å². The average molecular weight is 275 g/mol. The lowest BCUT2D eigenvalue weighted by atomic mass is 10.4. The predicted octanol–water partition coefficient (Wildman–Crippen LogP) is -0.0237. The lowest BCUT2D eigenvalue weighted by molar-refractivity contribution is -0.139. The Morgan fingerprint density at radius 1 is 1.27 bits per heavy atom. The molecule has 2 atom stereocenters. The predicted molar refractivity (Wildman–Crippen MR) is 60.9 cm³/mol. The van der Waals surface area contributed by atoms with Gasteiger partial charge in [0, 0.05) is 11.5 Å². The second-order valence-corrected chi connectivity index (χ2v) is 5.28. The van der Waals surface area contributed by atoms with E-state index >= 15 is 0 Å². The molecule has 0 rings (SSSR count). The maximum atomic E-state index is 10.5. The third kappa shape index (κ3) is 6.85. The minimum atomic E-state index is -1.08. The fourth-order valence-corrected chi connectivity index (χ4v) is 2.99. The molecule has 9 heteroatoms. The minimum Gasteiger partial charge on any atom is -0.480 e. The van der Waals surface area contributed by atoms with Gasteiger partial charge in [-0.25, -0.2) is 4.84 Å². The molecule has 0 aromatic heterocycles. The second-order valence-electron chi connectivity index (χ2n) is 2.51. The van der Waals surface area contributed by atoms with Crippen molar-refractivity contribution in [1.82, 2.24) is 4.84 Å². The Morgan fingerprint density at radius 2 is 1.80 bits per heavy atom. The summed E-state index contributed by atoms with van der Waals surface area (Å²) in [6.45, 7) is 0. The summed E-state index contributed by atoms with van der Waals surface area (Å²) >= 11 is 5.18. The lowest BCUT2D eigenvalue weighted by Crippen LogP contribution is -2.33. The van der Waals surface area contributed by atoms with E-state index in [-0.39, 0.29) is 11.5 Å². The first-order chi connectivity index (χ1) is 6.99. The normalized spacial score (nSPS) is 14.5. The largest absolute Gasteiger partial charge is 0.480 e. The Hall–Kier alpha value is -0.150. The van der Waals surface area contributed by atoms with Crippen molar-refractivity contribution in [3.05, 3.63) is 0 Å². The van der Waals surface area contributed by atoms with Gasteiger partial charge in [-0.1, -0.05) is 21.6 Å². The molecule has 0 aromatic carbocycles. The molecule has 0 aliphatic carbocycles. The van der Waals surface area contributed by atoms with Crippen molar-refractivity contribution < 1.29 is 19.8 Å². The molecule has 0 aromatic rings. The SMILES string of the molecule is NC(CSSC[C@H](NCl)C(=O)O)C(=O)O. The number of carboxylic acids is 2. The Kier molecular flexibility index (Phi) is 7.97. The molecule has 0 bridgehead atoms. The number of carboxylic acid groups (broad SMARTS) is 2. The minimum absolute atomic E-state index is 0.217. The van der Waals surface area contributed by atoms with Crippen LogP contribution in [0.4, 0.5) is 0 Å². The number of halogens is 1. The van der Waals surface area contributed by atoms with Gasteiger partial charge in [0.05, 0.1) is 0 Å². The standard InChI is InChI=1S/C6H11ClN2O4S2/c7-9-4(6(12)13)2-15-14-1-3(8)5(10)11/h3-4,9H,1-2,8H2,(H,10,11)(H,12,13)/t3?,4-/m0/s1. The quantitative estimate of drug-likeness (QED) is 0.277. The summed E-state index contributed by atoms with van der Waals surface area (Å²) in [5.74, 6) is -1.68. The molecular weight excluding hydrogens is 264 g/mol. The maximum Gasteiger partial charge on any atom is 0.322 e. The zero-order valence-electron chi connectivity index (χ0n) is 7.55. The molecule has 0 fully saturated rings. The van der Waals surface area contributed by atoms with Gasteiger partial charge in [-0.05, 0) is 11.8 Å². The van der Waals surface area contributed by atoms with Gasteiger partial charge in [0.25, 0.3) is 0 Å². The number of aliphatic carboxylic acids is 2. The molecule has 1 unspecified atom stereocenters. The van der Waals surface area contributed by atoms with Gasteiger partial charge < -0.3 is 15.9 Å². The number of rotatable bonds is 8. The van der Waals surface area contributed by atoms with Crippen molar-refractivity contribution in [2.24, 2.45) is 5.73 Å². The van der Waals surface area contributed by atoms with Gasteiger partial charge >= 0.3 is 11.9 Å². The van der Waals surface area contributed by atoms with Crippen molar-refractivity contribution in [2.75, 3.05) is 11.5 Å². The number of carbonyl (C=O) groups is 2. The Bertz CT molecular complexity index is 231. The zero-order valence-corrected chi connectivity index (χ0v) is 9.94. The molecule has 0 aliphatic rings. The average Bonchev–Trinajstić information content (AvgIpc) is 2.16. The Labute approximate surface area is 99.4 Å². The van der Waals surface area contributed by atoms with Crippen LogP contribution in [0.2, 0.25) is 0 Å². The molecule has 0 saturated carbocycles. The number of nitrogens with two attached hydrogens (primary N) is 1. The summed E-state index contributed by atoms with van der Waals surface area (Å²) in [5, 5.41) is 17.0. The Balaban J connectivity index is 3.61. The maximum absolute atomic E-state index is 10.5. The topological polar surface area (TPSA) is 113 Å². The molecule has 0 saturated heterocycles. The zero-order chi connectivity index (χ0) is 11.8. The van der Waals surface area contributed by atoms with E-state index in [4.69, 9.17) is 27.7 Å². The van der Waals surface area contributed by atoms with Crippen molar-refractivity contribution in [3.63, 3.8) is 0 Å². The molecule has 0 heterocycles. The van der Waals surface area contributed by atoms with Gasteiger partial charge in [0.15, 0.2) is 0 Å². The third-order valence-electron chi connectivity index (χ3n) is 1.31. The molecule has 15 heavy (non-hydrogen) atoms. The van der Waals surface area contributed by atoms with E-state index in [1.807, 2.05) is 0 Å². The smallest absolute Gasteiger partial charge is 0.322 e. The highest BCUT2D eigenvalue weighted by molar-refractivity contribution is 8.76. The molecule has 5 N–H and O–H groups in total. The van der Waals surface area contributed by atoms with Crippen molar-refractivity contribution in [3.8, 4) is 0 Å². The van der Waals surface area contributed by atoms with Gasteiger partial charge in [-0.2, -0.15) is 0 Å². The number of hydrogen-bond donors (Lipinski definition) is 4. The summed E-state index contributed by atoms with van der Waals surface area (Å²) in [4.78, 5) is 22.9. The van der Waals surface area contributed by atoms with Crippen LogP contribution >= 0.6 is 33.4 Å². The first kappa shape index (κ1) is 14.8. The van der Waals surface area contributed by atoms with Crippen LogP contribution in [0.1, 0.15) is 0 Å². The monoisotopic (exact) mass is 274 g/mol. The van der Waals surface area contributed by atoms with Crippen LogP contribution in [0.15, 0.2) is 0 Å². The molecule has 0 radical (unpaired) electrons. The van der Waals surface area contributed by atoms with Crippen molar-refractivity contribution in [1.29, 1.82) is 0 Å². The summed E-state index contributed by atoms with van der Waals surface area (Å²) in [5.41, 5.74) is 5.23. The Morgan fingerprint density at radius 3 is 2.20 bits per heavy atom. The van der Waals surface area contributed by atoms with Crippen LogP contribution in [0, 0.1) is 0 Å². The van der Waals surface area contributed by atoms with Gasteiger partial charge in [0.2, 0.25) is 0 Å². The third-order valence-corrected chi connectivity index (χ3v) is 4.02. The van der Waals surface area contributed by atoms with Crippen LogP contribution in [0.5, 0.6) is 0 Å². The van der Waals surface area contributed by atoms with Crippen LogP contribution in [-0.2, 0) is 9.59 Å². The van der Waals surface area contributed by atoms with Crippen molar-refractivity contribution in [2.45, 2.75) is 12.1 Å². The van der Waals surface area contributed by atoms with E-state index in [0.717, 1.165) is 0 Å². The van der Waals surface area contributed by atoms with Crippen LogP contribution in [0.25, 0.3) is 0 Å². The molecule has 0 aliphatic heterocycles. The van der Waals surface area contributed by atoms with E-state index in [2.05, 4.69) is 4.84 Å². The molecular formula is C6H11ClN2O4S2. The van der Waals surface area contributed by atoms with E-state index < -0.39 is 24.0 Å². The van der Waals surface area contributed by atoms with Gasteiger partial charge in [0.1, 0.15) is 12.1 Å². The summed E-state index contributed by atoms with van der Waals surface area (Å²) < 4.78 is 0. The molecule has 6 nitrogen and oxygen atoms in total.